The monoisotopic (exact) mass is 265 g/mol. The number of aryl methyl sites for hydroxylation is 2. The Labute approximate surface area is 113 Å². The van der Waals surface area contributed by atoms with Gasteiger partial charge in [0.1, 0.15) is 0 Å². The maximum Gasteiger partial charge on any atom is 0.0498 e. The molecule has 0 aliphatic carbocycles. The first-order valence-corrected chi connectivity index (χ1v) is 6.81. The SMILES string of the molecule is NCCCc1cn(CCCN)c2cc(Cl)ccc12. The Bertz CT molecular complexity index is 519. The van der Waals surface area contributed by atoms with Gasteiger partial charge in [-0.05, 0) is 50.0 Å². The molecule has 0 unspecified atom stereocenters. The molecule has 0 bridgehead atoms. The lowest BCUT2D eigenvalue weighted by atomic mass is 10.1. The van der Waals surface area contributed by atoms with Gasteiger partial charge >= 0.3 is 0 Å². The van der Waals surface area contributed by atoms with Gasteiger partial charge in [-0.2, -0.15) is 0 Å². The summed E-state index contributed by atoms with van der Waals surface area (Å²) < 4.78 is 2.25. The molecule has 0 saturated carbocycles. The zero-order valence-electron chi connectivity index (χ0n) is 10.5. The maximum absolute atomic E-state index is 6.08. The van der Waals surface area contributed by atoms with Gasteiger partial charge in [0.2, 0.25) is 0 Å². The fourth-order valence-electron chi connectivity index (χ4n) is 2.28. The van der Waals surface area contributed by atoms with Crippen molar-refractivity contribution >= 4 is 22.5 Å². The molecule has 0 radical (unpaired) electrons. The number of fused-ring (bicyclic) bond motifs is 1. The summed E-state index contributed by atoms with van der Waals surface area (Å²) in [7, 11) is 0. The zero-order valence-corrected chi connectivity index (χ0v) is 11.3. The Morgan fingerprint density at radius 1 is 1.11 bits per heavy atom. The van der Waals surface area contributed by atoms with E-state index in [0.717, 1.165) is 37.4 Å². The molecule has 2 aromatic rings. The molecule has 18 heavy (non-hydrogen) atoms. The molecule has 0 amide bonds. The van der Waals surface area contributed by atoms with Crippen LogP contribution in [0.25, 0.3) is 10.9 Å². The van der Waals surface area contributed by atoms with Crippen molar-refractivity contribution in [2.24, 2.45) is 11.5 Å². The van der Waals surface area contributed by atoms with Crippen molar-refractivity contribution in [3.05, 3.63) is 35.0 Å². The highest BCUT2D eigenvalue weighted by atomic mass is 35.5. The minimum Gasteiger partial charge on any atom is -0.347 e. The standard InChI is InChI=1S/C14H20ClN3/c15-12-4-5-13-11(3-1-6-16)10-18(8-2-7-17)14(13)9-12/h4-5,9-10H,1-3,6-8,16-17H2. The Morgan fingerprint density at radius 3 is 2.61 bits per heavy atom. The van der Waals surface area contributed by atoms with Crippen LogP contribution in [0.3, 0.4) is 0 Å². The molecular formula is C14H20ClN3. The van der Waals surface area contributed by atoms with Crippen LogP contribution in [0.2, 0.25) is 5.02 Å². The lowest BCUT2D eigenvalue weighted by Crippen LogP contribution is -2.04. The number of nitrogens with two attached hydrogens (primary N) is 2. The van der Waals surface area contributed by atoms with Crippen LogP contribution >= 0.6 is 11.6 Å². The summed E-state index contributed by atoms with van der Waals surface area (Å²) in [5, 5.41) is 2.06. The predicted molar refractivity (Wildman–Crippen MR) is 78.0 cm³/mol. The molecule has 2 rings (SSSR count). The first-order chi connectivity index (χ1) is 8.76. The largest absolute Gasteiger partial charge is 0.347 e. The molecule has 0 saturated heterocycles. The number of halogens is 1. The van der Waals surface area contributed by atoms with Gasteiger partial charge in [0, 0.05) is 28.7 Å². The Balaban J connectivity index is 2.39. The lowest BCUT2D eigenvalue weighted by molar-refractivity contribution is 0.667. The molecule has 4 heteroatoms. The Morgan fingerprint density at radius 2 is 1.89 bits per heavy atom. The minimum atomic E-state index is 0.707. The van der Waals surface area contributed by atoms with Crippen molar-refractivity contribution in [3.63, 3.8) is 0 Å². The third-order valence-electron chi connectivity index (χ3n) is 3.18. The van der Waals surface area contributed by atoms with Gasteiger partial charge in [0.15, 0.2) is 0 Å². The van der Waals surface area contributed by atoms with Crippen LogP contribution in [0.15, 0.2) is 24.4 Å². The van der Waals surface area contributed by atoms with Crippen LogP contribution in [0, 0.1) is 0 Å². The molecular weight excluding hydrogens is 246 g/mol. The second kappa shape index (κ2) is 6.23. The van der Waals surface area contributed by atoms with Crippen molar-refractivity contribution in [2.75, 3.05) is 13.1 Å². The van der Waals surface area contributed by atoms with Gasteiger partial charge in [0.05, 0.1) is 0 Å². The summed E-state index contributed by atoms with van der Waals surface area (Å²) in [5.41, 5.74) is 13.7. The van der Waals surface area contributed by atoms with E-state index >= 15 is 0 Å². The summed E-state index contributed by atoms with van der Waals surface area (Å²) in [5.74, 6) is 0. The molecule has 1 aromatic heterocycles. The molecule has 1 heterocycles. The summed E-state index contributed by atoms with van der Waals surface area (Å²) in [4.78, 5) is 0. The molecule has 0 aliphatic heterocycles. The normalized spacial score (nSPS) is 11.3. The van der Waals surface area contributed by atoms with E-state index in [9.17, 15) is 0 Å². The summed E-state index contributed by atoms with van der Waals surface area (Å²) in [6.07, 6.45) is 5.22. The average Bonchev–Trinajstić information content (AvgIpc) is 2.71. The van der Waals surface area contributed by atoms with Gasteiger partial charge in [-0.3, -0.25) is 0 Å². The number of benzene rings is 1. The predicted octanol–water partition coefficient (Wildman–Crippen LogP) is 2.53. The fraction of sp³-hybridized carbons (Fsp3) is 0.429. The van der Waals surface area contributed by atoms with Gasteiger partial charge in [-0.25, -0.2) is 0 Å². The molecule has 98 valence electrons. The van der Waals surface area contributed by atoms with E-state index in [1.807, 2.05) is 12.1 Å². The molecule has 0 aliphatic rings. The van der Waals surface area contributed by atoms with E-state index in [2.05, 4.69) is 16.8 Å². The third-order valence-corrected chi connectivity index (χ3v) is 3.42. The third kappa shape index (κ3) is 2.86. The van der Waals surface area contributed by atoms with Gasteiger partial charge in [0.25, 0.3) is 0 Å². The van der Waals surface area contributed by atoms with Crippen molar-refractivity contribution < 1.29 is 0 Å². The molecule has 1 aromatic carbocycles. The summed E-state index contributed by atoms with van der Waals surface area (Å²) in [6, 6.07) is 6.07. The quantitative estimate of drug-likeness (QED) is 0.843. The maximum atomic E-state index is 6.08. The fourth-order valence-corrected chi connectivity index (χ4v) is 2.45. The van der Waals surface area contributed by atoms with Crippen molar-refractivity contribution in [1.82, 2.24) is 4.57 Å². The van der Waals surface area contributed by atoms with Crippen LogP contribution in [-0.4, -0.2) is 17.7 Å². The van der Waals surface area contributed by atoms with Crippen molar-refractivity contribution in [3.8, 4) is 0 Å². The van der Waals surface area contributed by atoms with Crippen LogP contribution in [0.4, 0.5) is 0 Å². The van der Waals surface area contributed by atoms with Crippen LogP contribution < -0.4 is 11.5 Å². The molecule has 0 fully saturated rings. The molecule has 0 spiro atoms. The van der Waals surface area contributed by atoms with Crippen LogP contribution in [0.1, 0.15) is 18.4 Å². The average molecular weight is 266 g/mol. The smallest absolute Gasteiger partial charge is 0.0498 e. The van der Waals surface area contributed by atoms with E-state index in [0.29, 0.717) is 6.54 Å². The van der Waals surface area contributed by atoms with E-state index in [4.69, 9.17) is 23.1 Å². The first kappa shape index (κ1) is 13.4. The lowest BCUT2D eigenvalue weighted by Gasteiger charge is -2.03. The Kier molecular flexibility index (Phi) is 4.64. The second-order valence-corrected chi connectivity index (χ2v) is 4.98. The summed E-state index contributed by atoms with van der Waals surface area (Å²) >= 11 is 6.08. The van der Waals surface area contributed by atoms with Gasteiger partial charge in [-0.15, -0.1) is 0 Å². The van der Waals surface area contributed by atoms with Gasteiger partial charge in [-0.1, -0.05) is 17.7 Å². The second-order valence-electron chi connectivity index (χ2n) is 4.54. The van der Waals surface area contributed by atoms with E-state index in [1.165, 1.54) is 16.5 Å². The summed E-state index contributed by atoms with van der Waals surface area (Å²) in [6.45, 7) is 2.37. The topological polar surface area (TPSA) is 57.0 Å². The molecule has 4 N–H and O–H groups in total. The zero-order chi connectivity index (χ0) is 13.0. The number of hydrogen-bond acceptors (Lipinski definition) is 2. The number of rotatable bonds is 6. The van der Waals surface area contributed by atoms with E-state index in [1.54, 1.807) is 0 Å². The highest BCUT2D eigenvalue weighted by Gasteiger charge is 2.08. The highest BCUT2D eigenvalue weighted by molar-refractivity contribution is 6.31. The van der Waals surface area contributed by atoms with Crippen molar-refractivity contribution in [2.45, 2.75) is 25.8 Å². The van der Waals surface area contributed by atoms with Crippen molar-refractivity contribution in [1.29, 1.82) is 0 Å². The number of hydrogen-bond donors (Lipinski definition) is 2. The number of nitrogens with zero attached hydrogens (tertiary/aromatic N) is 1. The minimum absolute atomic E-state index is 0.707. The van der Waals surface area contributed by atoms with E-state index < -0.39 is 0 Å². The van der Waals surface area contributed by atoms with Crippen LogP contribution in [0.5, 0.6) is 0 Å². The Hall–Kier alpha value is -1.03. The highest BCUT2D eigenvalue weighted by Crippen LogP contribution is 2.26. The first-order valence-electron chi connectivity index (χ1n) is 6.43. The number of aromatic nitrogens is 1. The van der Waals surface area contributed by atoms with Gasteiger partial charge < -0.3 is 16.0 Å². The molecule has 0 atom stereocenters. The van der Waals surface area contributed by atoms with Crippen LogP contribution in [-0.2, 0) is 13.0 Å². The van der Waals surface area contributed by atoms with E-state index in [-0.39, 0.29) is 0 Å². The molecule has 3 nitrogen and oxygen atoms in total.